The Kier molecular flexibility index (Phi) is 4.03. The van der Waals surface area contributed by atoms with E-state index in [4.69, 9.17) is 9.47 Å². The first kappa shape index (κ1) is 21.6. The van der Waals surface area contributed by atoms with Crippen molar-refractivity contribution >= 4 is 0 Å². The molecule has 2 spiro atoms. The Morgan fingerprint density at radius 2 is 2.03 bits per heavy atom. The zero-order valence-electron chi connectivity index (χ0n) is 20.4. The van der Waals surface area contributed by atoms with Crippen molar-refractivity contribution in [2.24, 2.45) is 16.7 Å². The highest BCUT2D eigenvalue weighted by Gasteiger charge is 2.82. The number of fused-ring (bicyclic) bond motifs is 2. The molecule has 6 heteroatoms. The normalized spacial score (nSPS) is 41.7. The Balaban J connectivity index is 1.66. The van der Waals surface area contributed by atoms with Crippen molar-refractivity contribution in [1.82, 2.24) is 4.90 Å². The van der Waals surface area contributed by atoms with Crippen molar-refractivity contribution in [3.8, 4) is 17.7 Å². The zero-order valence-corrected chi connectivity index (χ0v) is 20.4. The number of aromatic hydroxyl groups is 1. The lowest BCUT2D eigenvalue weighted by atomic mass is 9.33. The summed E-state index contributed by atoms with van der Waals surface area (Å²) in [4.78, 5) is 2.00. The minimum Gasteiger partial charge on any atom is -0.504 e. The van der Waals surface area contributed by atoms with Gasteiger partial charge in [0.05, 0.1) is 5.60 Å². The van der Waals surface area contributed by atoms with Gasteiger partial charge in [0, 0.05) is 42.0 Å². The third-order valence-electron chi connectivity index (χ3n) is 10.9. The van der Waals surface area contributed by atoms with Gasteiger partial charge in [0.15, 0.2) is 17.7 Å². The maximum Gasteiger partial charge on any atom is 0.179 e. The smallest absolute Gasteiger partial charge is 0.179 e. The van der Waals surface area contributed by atoms with E-state index in [9.17, 15) is 15.5 Å². The second kappa shape index (κ2) is 6.17. The molecule has 2 N–H and O–H groups in total. The molecule has 33 heavy (non-hydrogen) atoms. The molecular weight excluding hydrogens is 416 g/mol. The highest BCUT2D eigenvalue weighted by molar-refractivity contribution is 5.63. The molecule has 0 aromatic heterocycles. The summed E-state index contributed by atoms with van der Waals surface area (Å²) in [7, 11) is 1.78. The fourth-order valence-electron chi connectivity index (χ4n) is 9.43. The number of benzene rings is 1. The largest absolute Gasteiger partial charge is 0.504 e. The van der Waals surface area contributed by atoms with Crippen LogP contribution in [0.4, 0.5) is 0 Å². The molecule has 4 bridgehead atoms. The van der Waals surface area contributed by atoms with Crippen LogP contribution in [-0.4, -0.2) is 52.1 Å². The minimum atomic E-state index is -0.954. The molecule has 4 aliphatic carbocycles. The number of hydrogen-bond acceptors (Lipinski definition) is 6. The molecule has 2 heterocycles. The van der Waals surface area contributed by atoms with Crippen LogP contribution in [0.1, 0.15) is 70.9 Å². The van der Waals surface area contributed by atoms with Crippen LogP contribution < -0.4 is 4.74 Å². The maximum absolute atomic E-state index is 12.3. The van der Waals surface area contributed by atoms with Crippen LogP contribution in [0.3, 0.4) is 0 Å². The fourth-order valence-corrected chi connectivity index (χ4v) is 9.43. The van der Waals surface area contributed by atoms with Crippen LogP contribution in [0, 0.1) is 28.2 Å². The van der Waals surface area contributed by atoms with E-state index in [1.807, 2.05) is 11.0 Å². The Morgan fingerprint density at radius 1 is 1.27 bits per heavy atom. The number of nitriles is 1. The maximum atomic E-state index is 12.3. The molecule has 2 aliphatic heterocycles. The number of ether oxygens (including phenoxy) is 2. The first-order valence-corrected chi connectivity index (χ1v) is 12.5. The number of phenols is 1. The molecule has 3 saturated carbocycles. The molecule has 4 fully saturated rings. The lowest BCUT2D eigenvalue weighted by Gasteiger charge is -2.75. The highest BCUT2D eigenvalue weighted by Crippen LogP contribution is 2.78. The highest BCUT2D eigenvalue weighted by atomic mass is 16.6. The number of methoxy groups -OCH3 is 1. The molecule has 6 nitrogen and oxygen atoms in total. The summed E-state index contributed by atoms with van der Waals surface area (Å²) in [6, 6.07) is 3.84. The third-order valence-corrected chi connectivity index (χ3v) is 10.9. The predicted octanol–water partition coefficient (Wildman–Crippen LogP) is 3.87. The molecule has 7 rings (SSSR count). The van der Waals surface area contributed by atoms with Crippen molar-refractivity contribution in [2.45, 2.75) is 95.0 Å². The van der Waals surface area contributed by atoms with E-state index >= 15 is 0 Å². The summed E-state index contributed by atoms with van der Waals surface area (Å²) in [5.74, 6) is 0.675. The topological polar surface area (TPSA) is 86.0 Å². The van der Waals surface area contributed by atoms with E-state index in [0.717, 1.165) is 37.7 Å². The second-order valence-electron chi connectivity index (χ2n) is 12.3. The van der Waals surface area contributed by atoms with E-state index in [0.29, 0.717) is 18.7 Å². The number of nitrogens with zero attached hydrogens (tertiary/aromatic N) is 2. The monoisotopic (exact) mass is 452 g/mol. The molecule has 1 aromatic rings. The van der Waals surface area contributed by atoms with Crippen molar-refractivity contribution in [3.05, 3.63) is 23.3 Å². The lowest BCUT2D eigenvalue weighted by molar-refractivity contribution is -0.313. The van der Waals surface area contributed by atoms with Crippen LogP contribution >= 0.6 is 0 Å². The Bertz CT molecular complexity index is 1080. The van der Waals surface area contributed by atoms with Gasteiger partial charge in [-0.3, -0.25) is 0 Å². The fraction of sp³-hybridized carbons (Fsp3) is 0.741. The first-order chi connectivity index (χ1) is 15.6. The molecule has 6 aliphatic rings. The molecule has 0 amide bonds. The predicted molar refractivity (Wildman–Crippen MR) is 123 cm³/mol. The SMILES string of the molecule is CCC(O)([C@H]1C[C@@]23CC[C@]1(OC)[C@@H]1Oc4c(O)ccc5c4[C@@]12CCN(C#N)[C@@H]3C5)C(C)(C)C. The summed E-state index contributed by atoms with van der Waals surface area (Å²) in [5.41, 5.74) is -0.101. The van der Waals surface area contributed by atoms with Crippen LogP contribution in [0.25, 0.3) is 0 Å². The van der Waals surface area contributed by atoms with E-state index in [-0.39, 0.29) is 40.1 Å². The number of rotatable bonds is 3. The Morgan fingerprint density at radius 3 is 2.67 bits per heavy atom. The molecule has 1 aromatic carbocycles. The van der Waals surface area contributed by atoms with E-state index in [1.54, 1.807) is 13.2 Å². The van der Waals surface area contributed by atoms with Gasteiger partial charge in [-0.15, -0.1) is 0 Å². The van der Waals surface area contributed by atoms with Crippen molar-refractivity contribution in [1.29, 1.82) is 5.26 Å². The molecular formula is C27H36N2O4. The van der Waals surface area contributed by atoms with E-state index in [1.165, 1.54) is 5.56 Å². The molecule has 1 unspecified atom stereocenters. The van der Waals surface area contributed by atoms with Crippen molar-refractivity contribution in [2.75, 3.05) is 13.7 Å². The molecule has 0 radical (unpaired) electrons. The average molecular weight is 453 g/mol. The summed E-state index contributed by atoms with van der Waals surface area (Å²) in [5, 5.41) is 33.3. The number of aliphatic hydroxyl groups is 1. The van der Waals surface area contributed by atoms with Gasteiger partial charge in [-0.1, -0.05) is 33.8 Å². The van der Waals surface area contributed by atoms with E-state index < -0.39 is 11.2 Å². The Hall–Kier alpha value is -1.97. The van der Waals surface area contributed by atoms with E-state index in [2.05, 4.69) is 33.9 Å². The Labute approximate surface area is 196 Å². The number of piperidine rings is 1. The average Bonchev–Trinajstić information content (AvgIpc) is 3.16. The molecule has 1 saturated heterocycles. The van der Waals surface area contributed by atoms with Gasteiger partial charge < -0.3 is 24.6 Å². The second-order valence-corrected chi connectivity index (χ2v) is 12.3. The van der Waals surface area contributed by atoms with Crippen molar-refractivity contribution < 1.29 is 19.7 Å². The number of phenolic OH excluding ortho intramolecular Hbond substituents is 1. The lowest BCUT2D eigenvalue weighted by Crippen LogP contribution is -2.83. The summed E-state index contributed by atoms with van der Waals surface area (Å²) >= 11 is 0. The van der Waals surface area contributed by atoms with Gasteiger partial charge in [0.2, 0.25) is 0 Å². The van der Waals surface area contributed by atoms with Crippen LogP contribution in [0.5, 0.6) is 11.5 Å². The number of hydrogen-bond donors (Lipinski definition) is 2. The van der Waals surface area contributed by atoms with Gasteiger partial charge in [0.25, 0.3) is 0 Å². The summed E-state index contributed by atoms with van der Waals surface area (Å²) in [6.45, 7) is 9.12. The van der Waals surface area contributed by atoms with Gasteiger partial charge >= 0.3 is 0 Å². The minimum absolute atomic E-state index is 0.0732. The van der Waals surface area contributed by atoms with Crippen LogP contribution in [0.2, 0.25) is 0 Å². The number of likely N-dealkylation sites (tertiary alicyclic amines) is 1. The van der Waals surface area contributed by atoms with Gasteiger partial charge in [-0.05, 0) is 55.6 Å². The van der Waals surface area contributed by atoms with Gasteiger partial charge in [-0.25, -0.2) is 0 Å². The first-order valence-electron chi connectivity index (χ1n) is 12.5. The zero-order chi connectivity index (χ0) is 23.6. The van der Waals surface area contributed by atoms with Crippen LogP contribution in [0.15, 0.2) is 12.1 Å². The van der Waals surface area contributed by atoms with Crippen LogP contribution in [-0.2, 0) is 16.6 Å². The molecule has 178 valence electrons. The standard InChI is InChI=1S/C27H36N2O4/c1-6-27(31,23(2,3)4)18-14-24-9-10-26(18,32-5)22-25(24)11-12-29(15-28)19(24)13-16-7-8-17(30)21(33-22)20(16)25/h7-8,18-19,22,30-31H,6,9-14H2,1-5H3/t18-,19+,22+,24+,25-,26+,27?/m0/s1. The quantitative estimate of drug-likeness (QED) is 0.677. The summed E-state index contributed by atoms with van der Waals surface area (Å²) in [6.07, 6.45) is 6.98. The summed E-state index contributed by atoms with van der Waals surface area (Å²) < 4.78 is 13.3. The van der Waals surface area contributed by atoms with Gasteiger partial charge in [-0.2, -0.15) is 5.26 Å². The van der Waals surface area contributed by atoms with Crippen molar-refractivity contribution in [3.63, 3.8) is 0 Å². The van der Waals surface area contributed by atoms with Gasteiger partial charge in [0.1, 0.15) is 11.7 Å². The molecule has 7 atom stereocenters. The third kappa shape index (κ3) is 2.06.